The maximum absolute atomic E-state index is 12.6. The Morgan fingerprint density at radius 3 is 2.65 bits per heavy atom. The molecule has 1 amide bonds. The standard InChI is InChI=1S/C28H39N3O6/c1-18-7-10-26(29-13-18)30-11-5-6-21(14-30)37-25-12-20(8-9-24(25)36-4)22-15-31(27(35)23(34)16-32)17-28(22,3)19(2)33/h7-10,12-13,19,21-23,32-34H,5-6,11,14-17H2,1-4H3/t19?,21?,22-,23?,28-/m0/s1. The lowest BCUT2D eigenvalue weighted by molar-refractivity contribution is -0.141. The van der Waals surface area contributed by atoms with E-state index in [-0.39, 0.29) is 18.6 Å². The van der Waals surface area contributed by atoms with E-state index in [1.54, 1.807) is 14.0 Å². The first-order valence-corrected chi connectivity index (χ1v) is 12.9. The number of aromatic nitrogens is 1. The van der Waals surface area contributed by atoms with E-state index >= 15 is 0 Å². The van der Waals surface area contributed by atoms with E-state index in [1.807, 2.05) is 44.3 Å². The molecule has 4 rings (SSSR count). The van der Waals surface area contributed by atoms with Gasteiger partial charge in [0.2, 0.25) is 0 Å². The molecule has 0 spiro atoms. The van der Waals surface area contributed by atoms with Gasteiger partial charge < -0.3 is 34.6 Å². The number of carbonyl (C=O) groups excluding carboxylic acids is 1. The predicted octanol–water partition coefficient (Wildman–Crippen LogP) is 2.11. The van der Waals surface area contributed by atoms with Crippen molar-refractivity contribution in [3.8, 4) is 11.5 Å². The van der Waals surface area contributed by atoms with Crippen molar-refractivity contribution in [2.75, 3.05) is 44.8 Å². The highest BCUT2D eigenvalue weighted by Crippen LogP contribution is 2.47. The number of aryl methyl sites for hydroxylation is 1. The molecule has 2 aliphatic heterocycles. The number of nitrogens with zero attached hydrogens (tertiary/aromatic N) is 3. The van der Waals surface area contributed by atoms with E-state index in [1.165, 1.54) is 4.90 Å². The van der Waals surface area contributed by atoms with E-state index in [9.17, 15) is 20.1 Å². The van der Waals surface area contributed by atoms with Gasteiger partial charge in [0.1, 0.15) is 11.9 Å². The average Bonchev–Trinajstić information content (AvgIpc) is 3.27. The van der Waals surface area contributed by atoms with E-state index < -0.39 is 30.1 Å². The number of carbonyl (C=O) groups is 1. The first kappa shape index (κ1) is 27.2. The molecule has 0 radical (unpaired) electrons. The third kappa shape index (κ3) is 5.68. The number of methoxy groups -OCH3 is 1. The van der Waals surface area contributed by atoms with Crippen LogP contribution in [-0.2, 0) is 4.79 Å². The molecule has 2 aromatic rings. The number of amides is 1. The molecule has 1 aromatic heterocycles. The number of hydrogen-bond acceptors (Lipinski definition) is 8. The van der Waals surface area contributed by atoms with Gasteiger partial charge >= 0.3 is 0 Å². The Hall–Kier alpha value is -2.88. The molecule has 3 N–H and O–H groups in total. The normalized spacial score (nSPS) is 25.6. The van der Waals surface area contributed by atoms with Crippen LogP contribution in [0.5, 0.6) is 11.5 Å². The first-order chi connectivity index (χ1) is 17.7. The van der Waals surface area contributed by atoms with Crippen LogP contribution in [0.4, 0.5) is 5.82 Å². The van der Waals surface area contributed by atoms with Crippen molar-refractivity contribution in [2.45, 2.75) is 57.8 Å². The SMILES string of the molecule is COc1ccc([C@@H]2CN(C(=O)C(O)CO)C[C@@]2(C)C(C)O)cc1OC1CCCN(c2ccc(C)cn2)C1. The summed E-state index contributed by atoms with van der Waals surface area (Å²) in [6, 6.07) is 9.85. The quantitative estimate of drug-likeness (QED) is 0.492. The van der Waals surface area contributed by atoms with Crippen molar-refractivity contribution >= 4 is 11.7 Å². The van der Waals surface area contributed by atoms with Gasteiger partial charge in [-0.15, -0.1) is 0 Å². The molecule has 2 aliphatic rings. The van der Waals surface area contributed by atoms with Crippen LogP contribution < -0.4 is 14.4 Å². The van der Waals surface area contributed by atoms with Gasteiger partial charge in [-0.05, 0) is 56.0 Å². The number of rotatable bonds is 8. The molecule has 2 fully saturated rings. The number of piperidine rings is 1. The summed E-state index contributed by atoms with van der Waals surface area (Å²) in [6.07, 6.45) is 1.54. The van der Waals surface area contributed by atoms with Crippen LogP contribution >= 0.6 is 0 Å². The lowest BCUT2D eigenvalue weighted by Gasteiger charge is -2.35. The summed E-state index contributed by atoms with van der Waals surface area (Å²) in [6.45, 7) is 7.27. The molecule has 202 valence electrons. The minimum atomic E-state index is -1.47. The fraction of sp³-hybridized carbons (Fsp3) is 0.571. The molecule has 3 heterocycles. The summed E-state index contributed by atoms with van der Waals surface area (Å²) in [7, 11) is 1.61. The van der Waals surface area contributed by atoms with E-state index in [0.29, 0.717) is 24.6 Å². The predicted molar refractivity (Wildman–Crippen MR) is 140 cm³/mol. The number of likely N-dealkylation sites (tertiary alicyclic amines) is 1. The number of benzene rings is 1. The molecule has 0 saturated carbocycles. The molecule has 1 aromatic carbocycles. The van der Waals surface area contributed by atoms with Gasteiger partial charge in [0, 0.05) is 37.2 Å². The Labute approximate surface area is 218 Å². The van der Waals surface area contributed by atoms with Gasteiger partial charge in [-0.25, -0.2) is 4.98 Å². The van der Waals surface area contributed by atoms with Crippen LogP contribution in [0.25, 0.3) is 0 Å². The Bertz CT molecular complexity index is 1080. The highest BCUT2D eigenvalue weighted by atomic mass is 16.5. The monoisotopic (exact) mass is 513 g/mol. The fourth-order valence-corrected chi connectivity index (χ4v) is 5.45. The Kier molecular flexibility index (Phi) is 8.26. The molecule has 5 atom stereocenters. The maximum atomic E-state index is 12.6. The lowest BCUT2D eigenvalue weighted by atomic mass is 9.72. The number of ether oxygens (including phenoxy) is 2. The van der Waals surface area contributed by atoms with Crippen LogP contribution in [0.1, 0.15) is 43.7 Å². The van der Waals surface area contributed by atoms with Gasteiger partial charge in [-0.2, -0.15) is 0 Å². The number of pyridine rings is 1. The van der Waals surface area contributed by atoms with Gasteiger partial charge in [0.05, 0.1) is 26.4 Å². The Morgan fingerprint density at radius 2 is 2.00 bits per heavy atom. The van der Waals surface area contributed by atoms with Crippen molar-refractivity contribution in [3.05, 3.63) is 47.7 Å². The topological polar surface area (TPSA) is 116 Å². The van der Waals surface area contributed by atoms with Crippen molar-refractivity contribution in [2.24, 2.45) is 5.41 Å². The third-order valence-electron chi connectivity index (χ3n) is 7.94. The summed E-state index contributed by atoms with van der Waals surface area (Å²) < 4.78 is 12.1. The summed E-state index contributed by atoms with van der Waals surface area (Å²) in [5, 5.41) is 29.9. The van der Waals surface area contributed by atoms with Gasteiger partial charge in [0.25, 0.3) is 5.91 Å². The minimum Gasteiger partial charge on any atom is -0.493 e. The minimum absolute atomic E-state index is 0.0505. The van der Waals surface area contributed by atoms with E-state index in [0.717, 1.165) is 36.3 Å². The molecule has 9 heteroatoms. The number of anilines is 1. The van der Waals surface area contributed by atoms with Crippen molar-refractivity contribution in [1.82, 2.24) is 9.88 Å². The second-order valence-electron chi connectivity index (χ2n) is 10.6. The maximum Gasteiger partial charge on any atom is 0.253 e. The molecular formula is C28H39N3O6. The second kappa shape index (κ2) is 11.2. The molecule has 9 nitrogen and oxygen atoms in total. The molecule has 37 heavy (non-hydrogen) atoms. The summed E-state index contributed by atoms with van der Waals surface area (Å²) >= 11 is 0. The van der Waals surface area contributed by atoms with Gasteiger partial charge in [-0.3, -0.25) is 4.79 Å². The highest BCUT2D eigenvalue weighted by molar-refractivity contribution is 5.81. The van der Waals surface area contributed by atoms with Crippen LogP contribution in [0.2, 0.25) is 0 Å². The largest absolute Gasteiger partial charge is 0.493 e. The number of aliphatic hydroxyl groups is 3. The van der Waals surface area contributed by atoms with Crippen LogP contribution in [0.15, 0.2) is 36.5 Å². The van der Waals surface area contributed by atoms with E-state index in [4.69, 9.17) is 9.47 Å². The van der Waals surface area contributed by atoms with Crippen molar-refractivity contribution < 1.29 is 29.6 Å². The van der Waals surface area contributed by atoms with Gasteiger partial charge in [0.15, 0.2) is 17.6 Å². The van der Waals surface area contributed by atoms with Crippen LogP contribution in [0, 0.1) is 12.3 Å². The molecule has 0 aliphatic carbocycles. The third-order valence-corrected chi connectivity index (χ3v) is 7.94. The Balaban J connectivity index is 1.57. The van der Waals surface area contributed by atoms with Crippen LogP contribution in [-0.4, -0.2) is 89.3 Å². The summed E-state index contributed by atoms with van der Waals surface area (Å²) in [5.41, 5.74) is 1.40. The molecular weight excluding hydrogens is 474 g/mol. The number of aliphatic hydroxyl groups excluding tert-OH is 3. The smallest absolute Gasteiger partial charge is 0.253 e. The summed E-state index contributed by atoms with van der Waals surface area (Å²) in [4.78, 5) is 21.0. The zero-order valence-electron chi connectivity index (χ0n) is 22.1. The summed E-state index contributed by atoms with van der Waals surface area (Å²) in [5.74, 6) is 1.45. The molecule has 0 bridgehead atoms. The number of hydrogen-bond donors (Lipinski definition) is 3. The first-order valence-electron chi connectivity index (χ1n) is 12.9. The van der Waals surface area contributed by atoms with E-state index in [2.05, 4.69) is 16.0 Å². The van der Waals surface area contributed by atoms with Crippen molar-refractivity contribution in [3.63, 3.8) is 0 Å². The average molecular weight is 514 g/mol. The Morgan fingerprint density at radius 1 is 1.22 bits per heavy atom. The lowest BCUT2D eigenvalue weighted by Crippen LogP contribution is -2.42. The zero-order chi connectivity index (χ0) is 26.7. The zero-order valence-corrected chi connectivity index (χ0v) is 22.1. The van der Waals surface area contributed by atoms with Crippen molar-refractivity contribution in [1.29, 1.82) is 0 Å². The van der Waals surface area contributed by atoms with Crippen LogP contribution in [0.3, 0.4) is 0 Å². The highest BCUT2D eigenvalue weighted by Gasteiger charge is 2.49. The molecule has 3 unspecified atom stereocenters. The van der Waals surface area contributed by atoms with Gasteiger partial charge in [-0.1, -0.05) is 19.1 Å². The fourth-order valence-electron chi connectivity index (χ4n) is 5.45. The second-order valence-corrected chi connectivity index (χ2v) is 10.6. The molecule has 2 saturated heterocycles.